The van der Waals surface area contributed by atoms with Crippen molar-refractivity contribution in [2.75, 3.05) is 18.4 Å². The van der Waals surface area contributed by atoms with Crippen LogP contribution in [0.3, 0.4) is 0 Å². The summed E-state index contributed by atoms with van der Waals surface area (Å²) in [5.74, 6) is 0.0538. The Balaban J connectivity index is 1.28. The summed E-state index contributed by atoms with van der Waals surface area (Å²) in [5, 5.41) is 2.83. The highest BCUT2D eigenvalue weighted by atomic mass is 79.9. The molecule has 1 aliphatic carbocycles. The number of hydrogen-bond donors (Lipinski definition) is 1. The van der Waals surface area contributed by atoms with Crippen LogP contribution in [-0.4, -0.2) is 40.6 Å². The molecule has 1 aromatic carbocycles. The molecule has 0 saturated carbocycles. The normalized spacial score (nSPS) is 17.8. The van der Waals surface area contributed by atoms with Crippen molar-refractivity contribution in [3.8, 4) is 0 Å². The number of rotatable bonds is 6. The standard InChI is InChI=1S/C24H26BrN3O3/c25-20-8-10-22(26-14-20)27-24(31)19-5-2-12-28(15-19)23(30)11-9-21(29)18-7-6-16-3-1-4-17(16)13-18/h6-8,10,13-14,19H,1-5,9,11-12,15H2,(H,26,27,31). The number of hydrogen-bond acceptors (Lipinski definition) is 4. The van der Waals surface area contributed by atoms with Crippen LogP contribution in [0.5, 0.6) is 0 Å². The Kier molecular flexibility index (Phi) is 6.80. The van der Waals surface area contributed by atoms with E-state index in [1.165, 1.54) is 11.1 Å². The number of likely N-dealkylation sites (tertiary alicyclic amines) is 1. The number of anilines is 1. The zero-order valence-corrected chi connectivity index (χ0v) is 19.0. The topological polar surface area (TPSA) is 79.4 Å². The van der Waals surface area contributed by atoms with Crippen LogP contribution in [0.25, 0.3) is 0 Å². The SMILES string of the molecule is O=C(CCC(=O)N1CCCC(C(=O)Nc2ccc(Br)cn2)C1)c1ccc2c(c1)CCC2. The summed E-state index contributed by atoms with van der Waals surface area (Å²) in [7, 11) is 0. The van der Waals surface area contributed by atoms with E-state index in [1.807, 2.05) is 24.3 Å². The van der Waals surface area contributed by atoms with Crippen molar-refractivity contribution in [1.29, 1.82) is 0 Å². The fourth-order valence-corrected chi connectivity index (χ4v) is 4.60. The van der Waals surface area contributed by atoms with Crippen molar-refractivity contribution >= 4 is 39.3 Å². The van der Waals surface area contributed by atoms with Crippen molar-refractivity contribution in [3.05, 3.63) is 57.7 Å². The molecular weight excluding hydrogens is 458 g/mol. The number of piperidine rings is 1. The number of amides is 2. The van der Waals surface area contributed by atoms with Gasteiger partial charge in [0, 0.05) is 42.2 Å². The van der Waals surface area contributed by atoms with Crippen LogP contribution in [0.15, 0.2) is 41.0 Å². The second kappa shape index (κ2) is 9.73. The van der Waals surface area contributed by atoms with E-state index in [2.05, 4.69) is 26.2 Å². The van der Waals surface area contributed by atoms with Gasteiger partial charge in [0.05, 0.1) is 5.92 Å². The van der Waals surface area contributed by atoms with Gasteiger partial charge in [-0.3, -0.25) is 14.4 Å². The van der Waals surface area contributed by atoms with Crippen molar-refractivity contribution in [2.24, 2.45) is 5.92 Å². The van der Waals surface area contributed by atoms with E-state index in [4.69, 9.17) is 0 Å². The van der Waals surface area contributed by atoms with Crippen LogP contribution in [0.1, 0.15) is 53.6 Å². The van der Waals surface area contributed by atoms with Gasteiger partial charge in [0.2, 0.25) is 11.8 Å². The molecule has 7 heteroatoms. The van der Waals surface area contributed by atoms with Crippen LogP contribution in [0.2, 0.25) is 0 Å². The Hall–Kier alpha value is -2.54. The molecule has 1 saturated heterocycles. The summed E-state index contributed by atoms with van der Waals surface area (Å²) in [6.07, 6.45) is 6.78. The second-order valence-electron chi connectivity index (χ2n) is 8.29. The molecule has 1 N–H and O–H groups in total. The summed E-state index contributed by atoms with van der Waals surface area (Å²) in [6.45, 7) is 1.01. The monoisotopic (exact) mass is 483 g/mol. The summed E-state index contributed by atoms with van der Waals surface area (Å²) >= 11 is 3.32. The molecule has 2 amide bonds. The molecule has 0 radical (unpaired) electrons. The number of fused-ring (bicyclic) bond motifs is 1. The maximum absolute atomic E-state index is 12.7. The van der Waals surface area contributed by atoms with Crippen LogP contribution in [-0.2, 0) is 22.4 Å². The number of aromatic nitrogens is 1. The first-order valence-electron chi connectivity index (χ1n) is 10.8. The Morgan fingerprint density at radius 1 is 1.06 bits per heavy atom. The molecule has 4 rings (SSSR count). The zero-order chi connectivity index (χ0) is 21.8. The molecule has 2 heterocycles. The molecule has 0 bridgehead atoms. The van der Waals surface area contributed by atoms with Gasteiger partial charge in [0.1, 0.15) is 5.82 Å². The first-order chi connectivity index (χ1) is 15.0. The number of ketones is 1. The second-order valence-corrected chi connectivity index (χ2v) is 9.21. The lowest BCUT2D eigenvalue weighted by Gasteiger charge is -2.32. The average molecular weight is 484 g/mol. The van der Waals surface area contributed by atoms with Crippen molar-refractivity contribution in [3.63, 3.8) is 0 Å². The number of halogens is 1. The van der Waals surface area contributed by atoms with Crippen molar-refractivity contribution in [1.82, 2.24) is 9.88 Å². The van der Waals surface area contributed by atoms with Crippen LogP contribution >= 0.6 is 15.9 Å². The van der Waals surface area contributed by atoms with Crippen molar-refractivity contribution < 1.29 is 14.4 Å². The molecule has 162 valence electrons. The fraction of sp³-hybridized carbons (Fsp3) is 0.417. The Bertz CT molecular complexity index is 990. The first-order valence-corrected chi connectivity index (χ1v) is 11.6. The lowest BCUT2D eigenvalue weighted by Crippen LogP contribution is -2.43. The van der Waals surface area contributed by atoms with E-state index in [9.17, 15) is 14.4 Å². The molecule has 1 aromatic heterocycles. The maximum Gasteiger partial charge on any atom is 0.230 e. The summed E-state index contributed by atoms with van der Waals surface area (Å²) in [5.41, 5.74) is 3.30. The van der Waals surface area contributed by atoms with Crippen LogP contribution in [0, 0.1) is 5.92 Å². The lowest BCUT2D eigenvalue weighted by molar-refractivity contribution is -0.134. The van der Waals surface area contributed by atoms with E-state index >= 15 is 0 Å². The van der Waals surface area contributed by atoms with Gasteiger partial charge in [-0.05, 0) is 77.4 Å². The summed E-state index contributed by atoms with van der Waals surface area (Å²) in [4.78, 5) is 43.8. The average Bonchev–Trinajstić information content (AvgIpc) is 3.26. The number of carbonyl (C=O) groups excluding carboxylic acids is 3. The lowest BCUT2D eigenvalue weighted by atomic mass is 9.96. The van der Waals surface area contributed by atoms with Crippen LogP contribution in [0.4, 0.5) is 5.82 Å². The third-order valence-corrected chi connectivity index (χ3v) is 6.58. The minimum absolute atomic E-state index is 0.00988. The fourth-order valence-electron chi connectivity index (χ4n) is 4.36. The van der Waals surface area contributed by atoms with Gasteiger partial charge < -0.3 is 10.2 Å². The van der Waals surface area contributed by atoms with E-state index in [-0.39, 0.29) is 36.4 Å². The molecule has 1 unspecified atom stereocenters. The molecular formula is C24H26BrN3O3. The smallest absolute Gasteiger partial charge is 0.230 e. The number of carbonyl (C=O) groups is 3. The maximum atomic E-state index is 12.7. The third-order valence-electron chi connectivity index (χ3n) is 6.11. The largest absolute Gasteiger partial charge is 0.342 e. The number of nitrogens with one attached hydrogen (secondary N) is 1. The predicted octanol–water partition coefficient (Wildman–Crippen LogP) is 4.17. The van der Waals surface area contributed by atoms with E-state index in [0.717, 1.165) is 36.6 Å². The van der Waals surface area contributed by atoms with E-state index in [1.54, 1.807) is 17.2 Å². The molecule has 1 aliphatic heterocycles. The highest BCUT2D eigenvalue weighted by molar-refractivity contribution is 9.10. The molecule has 2 aromatic rings. The van der Waals surface area contributed by atoms with Gasteiger partial charge in [0.25, 0.3) is 0 Å². The Labute approximate surface area is 190 Å². The minimum atomic E-state index is -0.268. The molecule has 1 atom stereocenters. The Morgan fingerprint density at radius 2 is 1.90 bits per heavy atom. The molecule has 31 heavy (non-hydrogen) atoms. The number of benzene rings is 1. The third kappa shape index (κ3) is 5.39. The van der Waals surface area contributed by atoms with Gasteiger partial charge in [-0.1, -0.05) is 12.1 Å². The first kappa shape index (κ1) is 21.7. The molecule has 6 nitrogen and oxygen atoms in total. The van der Waals surface area contributed by atoms with Gasteiger partial charge in [-0.15, -0.1) is 0 Å². The minimum Gasteiger partial charge on any atom is -0.342 e. The highest BCUT2D eigenvalue weighted by Gasteiger charge is 2.29. The summed E-state index contributed by atoms with van der Waals surface area (Å²) < 4.78 is 0.842. The van der Waals surface area contributed by atoms with Crippen LogP contribution < -0.4 is 5.32 Å². The zero-order valence-electron chi connectivity index (χ0n) is 17.4. The number of nitrogens with zero attached hydrogens (tertiary/aromatic N) is 2. The molecule has 2 aliphatic rings. The van der Waals surface area contributed by atoms with Gasteiger partial charge >= 0.3 is 0 Å². The number of aryl methyl sites for hydroxylation is 2. The number of pyridine rings is 1. The van der Waals surface area contributed by atoms with E-state index < -0.39 is 0 Å². The number of Topliss-reactive ketones (excluding diaryl/α,β-unsaturated/α-hetero) is 1. The van der Waals surface area contributed by atoms with Crippen molar-refractivity contribution in [2.45, 2.75) is 44.9 Å². The van der Waals surface area contributed by atoms with Gasteiger partial charge in [-0.25, -0.2) is 4.98 Å². The molecule has 0 spiro atoms. The molecule has 1 fully saturated rings. The quantitative estimate of drug-likeness (QED) is 0.625. The van der Waals surface area contributed by atoms with Gasteiger partial charge in [0.15, 0.2) is 5.78 Å². The Morgan fingerprint density at radius 3 is 2.71 bits per heavy atom. The predicted molar refractivity (Wildman–Crippen MR) is 122 cm³/mol. The summed E-state index contributed by atoms with van der Waals surface area (Å²) in [6, 6.07) is 9.47. The van der Waals surface area contributed by atoms with Gasteiger partial charge in [-0.2, -0.15) is 0 Å². The highest BCUT2D eigenvalue weighted by Crippen LogP contribution is 2.24. The van der Waals surface area contributed by atoms with E-state index in [0.29, 0.717) is 24.5 Å².